The second-order valence-corrected chi connectivity index (χ2v) is 6.33. The van der Waals surface area contributed by atoms with E-state index in [4.69, 9.17) is 11.6 Å². The predicted octanol–water partition coefficient (Wildman–Crippen LogP) is 1.37. The second-order valence-electron chi connectivity index (χ2n) is 3.87. The fourth-order valence-corrected chi connectivity index (χ4v) is 2.04. The SMILES string of the molecule is CC(CCl)Nc1ccc(S(=O)(=O)N(C)C)cn1. The summed E-state index contributed by atoms with van der Waals surface area (Å²) in [5, 5.41) is 3.05. The van der Waals surface area contributed by atoms with Crippen LogP contribution in [0.3, 0.4) is 0 Å². The average Bonchev–Trinajstić information content (AvgIpc) is 2.29. The summed E-state index contributed by atoms with van der Waals surface area (Å²) in [6, 6.07) is 3.23. The zero-order valence-electron chi connectivity index (χ0n) is 10.0. The molecule has 0 saturated carbocycles. The number of alkyl halides is 1. The summed E-state index contributed by atoms with van der Waals surface area (Å²) < 4.78 is 24.7. The third kappa shape index (κ3) is 3.55. The van der Waals surface area contributed by atoms with Gasteiger partial charge in [-0.3, -0.25) is 0 Å². The van der Waals surface area contributed by atoms with Gasteiger partial charge in [0.1, 0.15) is 10.7 Å². The summed E-state index contributed by atoms with van der Waals surface area (Å²) in [4.78, 5) is 4.21. The molecular weight excluding hydrogens is 262 g/mol. The standard InChI is InChI=1S/C10H16ClN3O2S/c1-8(6-11)13-10-5-4-9(7-12-10)17(15,16)14(2)3/h4-5,7-8H,6H2,1-3H3,(H,12,13). The van der Waals surface area contributed by atoms with E-state index in [1.54, 1.807) is 6.07 Å². The minimum absolute atomic E-state index is 0.0838. The highest BCUT2D eigenvalue weighted by molar-refractivity contribution is 7.89. The maximum Gasteiger partial charge on any atom is 0.244 e. The van der Waals surface area contributed by atoms with Crippen molar-refractivity contribution in [3.63, 3.8) is 0 Å². The first-order valence-electron chi connectivity index (χ1n) is 5.09. The van der Waals surface area contributed by atoms with E-state index in [1.165, 1.54) is 26.4 Å². The molecule has 7 heteroatoms. The molecule has 0 aliphatic heterocycles. The minimum atomic E-state index is -3.41. The van der Waals surface area contributed by atoms with Gasteiger partial charge >= 0.3 is 0 Å². The summed E-state index contributed by atoms with van der Waals surface area (Å²) in [5.41, 5.74) is 0. The molecule has 1 atom stereocenters. The molecule has 1 rings (SSSR count). The molecule has 0 aliphatic rings. The van der Waals surface area contributed by atoms with Gasteiger partial charge < -0.3 is 5.32 Å². The van der Waals surface area contributed by atoms with E-state index in [-0.39, 0.29) is 10.9 Å². The van der Waals surface area contributed by atoms with Gasteiger partial charge in [-0.15, -0.1) is 11.6 Å². The lowest BCUT2D eigenvalue weighted by Gasteiger charge is -2.13. The Morgan fingerprint density at radius 2 is 2.12 bits per heavy atom. The first kappa shape index (κ1) is 14.2. The smallest absolute Gasteiger partial charge is 0.244 e. The van der Waals surface area contributed by atoms with Crippen LogP contribution in [0.4, 0.5) is 5.82 Å². The van der Waals surface area contributed by atoms with Crippen LogP contribution in [0.5, 0.6) is 0 Å². The van der Waals surface area contributed by atoms with Gasteiger partial charge in [0.15, 0.2) is 0 Å². The molecule has 0 radical (unpaired) electrons. The van der Waals surface area contributed by atoms with E-state index in [0.29, 0.717) is 11.7 Å². The van der Waals surface area contributed by atoms with Crippen LogP contribution in [0, 0.1) is 0 Å². The number of rotatable bonds is 5. The lowest BCUT2D eigenvalue weighted by molar-refractivity contribution is 0.520. The maximum atomic E-state index is 11.8. The third-order valence-electron chi connectivity index (χ3n) is 2.14. The van der Waals surface area contributed by atoms with Crippen molar-refractivity contribution in [2.75, 3.05) is 25.3 Å². The lowest BCUT2D eigenvalue weighted by Crippen LogP contribution is -2.22. The summed E-state index contributed by atoms with van der Waals surface area (Å²) in [5.74, 6) is 1.07. The molecular formula is C10H16ClN3O2S. The molecule has 0 aromatic carbocycles. The van der Waals surface area contributed by atoms with Gasteiger partial charge in [-0.2, -0.15) is 0 Å². The quantitative estimate of drug-likeness (QED) is 0.826. The van der Waals surface area contributed by atoms with Crippen molar-refractivity contribution in [1.82, 2.24) is 9.29 Å². The topological polar surface area (TPSA) is 62.3 Å². The molecule has 1 N–H and O–H groups in total. The van der Waals surface area contributed by atoms with E-state index in [9.17, 15) is 8.42 Å². The molecule has 1 aromatic heterocycles. The van der Waals surface area contributed by atoms with Crippen molar-refractivity contribution < 1.29 is 8.42 Å². The van der Waals surface area contributed by atoms with Crippen molar-refractivity contribution in [3.05, 3.63) is 18.3 Å². The van der Waals surface area contributed by atoms with Crippen molar-refractivity contribution in [3.8, 4) is 0 Å². The number of nitrogens with one attached hydrogen (secondary N) is 1. The summed E-state index contributed by atoms with van der Waals surface area (Å²) >= 11 is 5.65. The molecule has 1 aromatic rings. The van der Waals surface area contributed by atoms with Gasteiger partial charge in [0.25, 0.3) is 0 Å². The van der Waals surface area contributed by atoms with E-state index in [1.807, 2.05) is 6.92 Å². The van der Waals surface area contributed by atoms with Crippen LogP contribution in [0.2, 0.25) is 0 Å². The average molecular weight is 278 g/mol. The van der Waals surface area contributed by atoms with Gasteiger partial charge in [0, 0.05) is 32.2 Å². The van der Waals surface area contributed by atoms with Crippen LogP contribution >= 0.6 is 11.6 Å². The van der Waals surface area contributed by atoms with Crippen LogP contribution in [0.15, 0.2) is 23.2 Å². The van der Waals surface area contributed by atoms with E-state index in [2.05, 4.69) is 10.3 Å². The number of pyridine rings is 1. The highest BCUT2D eigenvalue weighted by atomic mass is 35.5. The van der Waals surface area contributed by atoms with E-state index in [0.717, 1.165) is 4.31 Å². The lowest BCUT2D eigenvalue weighted by atomic mass is 10.4. The summed E-state index contributed by atoms with van der Waals surface area (Å²) in [7, 11) is -0.444. The Hall–Kier alpha value is -0.850. The molecule has 5 nitrogen and oxygen atoms in total. The van der Waals surface area contributed by atoms with Gasteiger partial charge in [0.05, 0.1) is 0 Å². The van der Waals surface area contributed by atoms with Crippen LogP contribution in [-0.2, 0) is 10.0 Å². The molecule has 1 unspecified atom stereocenters. The number of aromatic nitrogens is 1. The largest absolute Gasteiger partial charge is 0.366 e. The van der Waals surface area contributed by atoms with Gasteiger partial charge in [-0.1, -0.05) is 0 Å². The first-order valence-corrected chi connectivity index (χ1v) is 7.06. The van der Waals surface area contributed by atoms with Crippen molar-refractivity contribution in [1.29, 1.82) is 0 Å². The van der Waals surface area contributed by atoms with E-state index < -0.39 is 10.0 Å². The van der Waals surface area contributed by atoms with Crippen molar-refractivity contribution in [2.45, 2.75) is 17.9 Å². The normalized spacial score (nSPS) is 13.7. The maximum absolute atomic E-state index is 11.8. The Bertz CT molecular complexity index is 459. The van der Waals surface area contributed by atoms with Crippen LogP contribution in [0.1, 0.15) is 6.92 Å². The Kier molecular flexibility index (Phi) is 4.73. The first-order chi connectivity index (χ1) is 7.87. The number of sulfonamides is 1. The Morgan fingerprint density at radius 3 is 2.53 bits per heavy atom. The van der Waals surface area contributed by atoms with Crippen LogP contribution in [0.25, 0.3) is 0 Å². The summed E-state index contributed by atoms with van der Waals surface area (Å²) in [6.45, 7) is 1.92. The number of anilines is 1. The molecule has 0 fully saturated rings. The molecule has 0 spiro atoms. The zero-order chi connectivity index (χ0) is 13.1. The Morgan fingerprint density at radius 1 is 1.47 bits per heavy atom. The summed E-state index contributed by atoms with van der Waals surface area (Å²) in [6.07, 6.45) is 1.33. The van der Waals surface area contributed by atoms with Gasteiger partial charge in [-0.05, 0) is 19.1 Å². The number of halogens is 1. The second kappa shape index (κ2) is 5.66. The van der Waals surface area contributed by atoms with Gasteiger partial charge in [-0.25, -0.2) is 17.7 Å². The molecule has 96 valence electrons. The fourth-order valence-electron chi connectivity index (χ4n) is 1.12. The van der Waals surface area contributed by atoms with E-state index >= 15 is 0 Å². The molecule has 0 bridgehead atoms. The molecule has 0 saturated heterocycles. The Labute approximate surface area is 107 Å². The molecule has 0 aliphatic carbocycles. The van der Waals surface area contributed by atoms with Crippen LogP contribution < -0.4 is 5.32 Å². The zero-order valence-corrected chi connectivity index (χ0v) is 11.6. The molecule has 1 heterocycles. The predicted molar refractivity (Wildman–Crippen MR) is 68.9 cm³/mol. The minimum Gasteiger partial charge on any atom is -0.366 e. The number of hydrogen-bond acceptors (Lipinski definition) is 4. The highest BCUT2D eigenvalue weighted by Crippen LogP contribution is 2.14. The fraction of sp³-hybridized carbons (Fsp3) is 0.500. The third-order valence-corrected chi connectivity index (χ3v) is 4.40. The Balaban J connectivity index is 2.89. The number of nitrogens with zero attached hydrogens (tertiary/aromatic N) is 2. The van der Waals surface area contributed by atoms with Crippen LogP contribution in [-0.4, -0.2) is 43.7 Å². The van der Waals surface area contributed by atoms with Crippen molar-refractivity contribution in [2.24, 2.45) is 0 Å². The molecule has 17 heavy (non-hydrogen) atoms. The highest BCUT2D eigenvalue weighted by Gasteiger charge is 2.17. The monoisotopic (exact) mass is 277 g/mol. The molecule has 0 amide bonds. The van der Waals surface area contributed by atoms with Gasteiger partial charge in [0.2, 0.25) is 10.0 Å². The number of hydrogen-bond donors (Lipinski definition) is 1. The van der Waals surface area contributed by atoms with Crippen molar-refractivity contribution >= 4 is 27.4 Å².